The van der Waals surface area contributed by atoms with Crippen LogP contribution in [0, 0.1) is 0 Å². The predicted octanol–water partition coefficient (Wildman–Crippen LogP) is 6.30. The Balaban J connectivity index is 1.54. The van der Waals surface area contributed by atoms with Crippen molar-refractivity contribution in [2.24, 2.45) is 0 Å². The van der Waals surface area contributed by atoms with Crippen LogP contribution in [0.15, 0.2) is 60.7 Å². The summed E-state index contributed by atoms with van der Waals surface area (Å²) in [5, 5.41) is 2.29. The molecule has 0 aliphatic carbocycles. The first-order valence-electron chi connectivity index (χ1n) is 11.5. The second kappa shape index (κ2) is 12.2. The molecule has 1 aliphatic rings. The second-order valence-electron chi connectivity index (χ2n) is 8.41. The van der Waals surface area contributed by atoms with Gasteiger partial charge in [-0.05, 0) is 67.1 Å². The van der Waals surface area contributed by atoms with Crippen molar-refractivity contribution in [3.05, 3.63) is 97.4 Å². The Hall–Kier alpha value is -3.43. The number of ketones is 1. The molecule has 200 valence electrons. The van der Waals surface area contributed by atoms with Crippen molar-refractivity contribution in [2.45, 2.75) is 19.3 Å². The zero-order valence-corrected chi connectivity index (χ0v) is 23.0. The quantitative estimate of drug-likeness (QED) is 0.135. The molecule has 0 aromatic heterocycles. The Morgan fingerprint density at radius 3 is 2.03 bits per heavy atom. The largest absolute Gasteiger partial charge is 0.423 e. The van der Waals surface area contributed by atoms with Crippen LogP contribution in [-0.2, 0) is 9.59 Å². The lowest BCUT2D eigenvalue weighted by atomic mass is 10.1. The van der Waals surface area contributed by atoms with E-state index in [0.717, 1.165) is 5.01 Å². The molecular formula is C27H18Cl4N2O6. The molecule has 0 atom stereocenters. The Morgan fingerprint density at radius 1 is 0.769 bits per heavy atom. The molecule has 0 radical (unpaired) electrons. The van der Waals surface area contributed by atoms with E-state index in [0.29, 0.717) is 16.5 Å². The van der Waals surface area contributed by atoms with Gasteiger partial charge in [-0.25, -0.2) is 9.80 Å². The van der Waals surface area contributed by atoms with Gasteiger partial charge < -0.3 is 4.74 Å². The monoisotopic (exact) mass is 606 g/mol. The third-order valence-electron chi connectivity index (χ3n) is 5.73. The molecule has 0 bridgehead atoms. The zero-order valence-electron chi connectivity index (χ0n) is 20.0. The Morgan fingerprint density at radius 2 is 1.41 bits per heavy atom. The summed E-state index contributed by atoms with van der Waals surface area (Å²) < 4.78 is 5.31. The summed E-state index contributed by atoms with van der Waals surface area (Å²) >= 11 is 23.9. The highest BCUT2D eigenvalue weighted by atomic mass is 35.5. The van der Waals surface area contributed by atoms with Crippen molar-refractivity contribution in [3.63, 3.8) is 0 Å². The van der Waals surface area contributed by atoms with Crippen molar-refractivity contribution in [2.75, 3.05) is 6.54 Å². The average Bonchev–Trinajstić information content (AvgIpc) is 2.89. The van der Waals surface area contributed by atoms with Crippen molar-refractivity contribution in [1.82, 2.24) is 10.0 Å². The fraction of sp³-hybridized carbons (Fsp3) is 0.148. The van der Waals surface area contributed by atoms with Gasteiger partial charge in [0.15, 0.2) is 5.78 Å². The maximum absolute atomic E-state index is 13.4. The fourth-order valence-electron chi connectivity index (χ4n) is 3.78. The second-order valence-corrected chi connectivity index (χ2v) is 10.1. The number of piperidine rings is 1. The van der Waals surface area contributed by atoms with E-state index in [9.17, 15) is 24.0 Å². The molecule has 1 saturated heterocycles. The molecule has 0 spiro atoms. The number of imide groups is 1. The molecule has 12 heteroatoms. The van der Waals surface area contributed by atoms with Gasteiger partial charge in [-0.1, -0.05) is 46.4 Å². The Bertz CT molecular complexity index is 1480. The summed E-state index contributed by atoms with van der Waals surface area (Å²) in [6.07, 6.45) is 0.434. The molecule has 0 saturated carbocycles. The summed E-state index contributed by atoms with van der Waals surface area (Å²) in [6, 6.07) is 13.9. The standard InChI is InChI=1S/C27H18Cl4N2O6/c28-17-7-10-19(21(30)13-17)27(38)39-18-8-4-15(5-9-18)23(34)14-32(33-24(35)2-1-3-25(33)36)26(37)16-6-11-20(29)22(31)12-16/h4-13H,1-3,14H2. The third-order valence-corrected chi connectivity index (χ3v) is 7.01. The highest BCUT2D eigenvalue weighted by molar-refractivity contribution is 6.42. The number of hydrogen-bond donors (Lipinski definition) is 0. The summed E-state index contributed by atoms with van der Waals surface area (Å²) in [4.78, 5) is 64.2. The van der Waals surface area contributed by atoms with Gasteiger partial charge in [-0.3, -0.25) is 19.2 Å². The summed E-state index contributed by atoms with van der Waals surface area (Å²) in [5.74, 6) is -3.15. The fourth-order valence-corrected chi connectivity index (χ4v) is 4.56. The van der Waals surface area contributed by atoms with Crippen LogP contribution in [0.25, 0.3) is 0 Å². The van der Waals surface area contributed by atoms with Crippen LogP contribution in [0.3, 0.4) is 0 Å². The summed E-state index contributed by atoms with van der Waals surface area (Å²) in [6.45, 7) is -0.615. The number of rotatable bonds is 7. The number of halogens is 4. The van der Waals surface area contributed by atoms with E-state index < -0.39 is 36.0 Å². The molecule has 3 aromatic carbocycles. The number of amides is 3. The lowest BCUT2D eigenvalue weighted by molar-refractivity contribution is -0.162. The van der Waals surface area contributed by atoms with Gasteiger partial charge in [0, 0.05) is 29.0 Å². The maximum atomic E-state index is 13.4. The number of esters is 1. The smallest absolute Gasteiger partial charge is 0.345 e. The molecule has 1 heterocycles. The lowest BCUT2D eigenvalue weighted by Gasteiger charge is -2.35. The minimum absolute atomic E-state index is 0.0338. The zero-order chi connectivity index (χ0) is 28.3. The Kier molecular flexibility index (Phi) is 8.92. The molecule has 39 heavy (non-hydrogen) atoms. The van der Waals surface area contributed by atoms with E-state index in [1.807, 2.05) is 0 Å². The van der Waals surface area contributed by atoms with Crippen molar-refractivity contribution in [1.29, 1.82) is 0 Å². The van der Waals surface area contributed by atoms with Gasteiger partial charge >= 0.3 is 5.97 Å². The van der Waals surface area contributed by atoms with Crippen LogP contribution >= 0.6 is 46.4 Å². The van der Waals surface area contributed by atoms with Gasteiger partial charge in [-0.15, -0.1) is 0 Å². The predicted molar refractivity (Wildman–Crippen MR) is 145 cm³/mol. The summed E-state index contributed by atoms with van der Waals surface area (Å²) in [7, 11) is 0. The number of ether oxygens (including phenoxy) is 1. The van der Waals surface area contributed by atoms with Crippen molar-refractivity contribution < 1.29 is 28.7 Å². The van der Waals surface area contributed by atoms with Gasteiger partial charge in [-0.2, -0.15) is 5.01 Å². The number of Topliss-reactive ketones (excluding diaryl/α,β-unsaturated/α-hetero) is 1. The van der Waals surface area contributed by atoms with Crippen LogP contribution in [0.1, 0.15) is 50.3 Å². The molecule has 0 N–H and O–H groups in total. The van der Waals surface area contributed by atoms with Crippen LogP contribution in [-0.4, -0.2) is 46.0 Å². The van der Waals surface area contributed by atoms with Gasteiger partial charge in [0.25, 0.3) is 5.91 Å². The molecule has 1 fully saturated rings. The van der Waals surface area contributed by atoms with Crippen LogP contribution in [0.2, 0.25) is 20.1 Å². The number of carbonyl (C=O) groups is 5. The van der Waals surface area contributed by atoms with Crippen molar-refractivity contribution in [3.8, 4) is 5.75 Å². The SMILES string of the molecule is O=C(CN(C(=O)c1ccc(Cl)c(Cl)c1)N1C(=O)CCCC1=O)c1ccc(OC(=O)c2ccc(Cl)cc2Cl)cc1. The van der Waals surface area contributed by atoms with E-state index in [-0.39, 0.29) is 50.3 Å². The highest BCUT2D eigenvalue weighted by Gasteiger charge is 2.36. The van der Waals surface area contributed by atoms with E-state index in [4.69, 9.17) is 51.1 Å². The first-order valence-corrected chi connectivity index (χ1v) is 13.0. The molecule has 4 rings (SSSR count). The first-order chi connectivity index (χ1) is 18.5. The average molecular weight is 608 g/mol. The lowest BCUT2D eigenvalue weighted by Crippen LogP contribution is -2.56. The van der Waals surface area contributed by atoms with E-state index >= 15 is 0 Å². The van der Waals surface area contributed by atoms with Crippen LogP contribution in [0.4, 0.5) is 0 Å². The maximum Gasteiger partial charge on any atom is 0.345 e. The topological polar surface area (TPSA) is 101 Å². The van der Waals surface area contributed by atoms with Gasteiger partial charge in [0.2, 0.25) is 11.8 Å². The minimum Gasteiger partial charge on any atom is -0.423 e. The molecule has 3 amide bonds. The van der Waals surface area contributed by atoms with E-state index in [1.165, 1.54) is 60.7 Å². The van der Waals surface area contributed by atoms with E-state index in [1.54, 1.807) is 0 Å². The van der Waals surface area contributed by atoms with Gasteiger partial charge in [0.05, 0.1) is 20.6 Å². The Labute approximate surface area is 242 Å². The number of carbonyl (C=O) groups excluding carboxylic acids is 5. The van der Waals surface area contributed by atoms with Crippen LogP contribution in [0.5, 0.6) is 5.75 Å². The number of hydrogen-bond acceptors (Lipinski definition) is 6. The van der Waals surface area contributed by atoms with E-state index in [2.05, 4.69) is 0 Å². The first kappa shape index (κ1) is 28.6. The molecule has 1 aliphatic heterocycles. The van der Waals surface area contributed by atoms with Gasteiger partial charge in [0.1, 0.15) is 12.3 Å². The summed E-state index contributed by atoms with van der Waals surface area (Å²) in [5.41, 5.74) is 0.281. The molecular weight excluding hydrogens is 590 g/mol. The number of nitrogens with zero attached hydrogens (tertiary/aromatic N) is 2. The number of hydrazine groups is 1. The molecule has 3 aromatic rings. The molecule has 8 nitrogen and oxygen atoms in total. The number of benzene rings is 3. The normalized spacial score (nSPS) is 13.3. The van der Waals surface area contributed by atoms with Crippen LogP contribution < -0.4 is 4.74 Å². The van der Waals surface area contributed by atoms with Crippen molar-refractivity contribution >= 4 is 75.9 Å². The highest BCUT2D eigenvalue weighted by Crippen LogP contribution is 2.26. The minimum atomic E-state index is -0.782. The third kappa shape index (κ3) is 6.59. The molecule has 0 unspecified atom stereocenters.